The van der Waals surface area contributed by atoms with Gasteiger partial charge in [-0.3, -0.25) is 0 Å². The van der Waals surface area contributed by atoms with E-state index in [2.05, 4.69) is 86.0 Å². The minimum absolute atomic E-state index is 0.684. The maximum absolute atomic E-state index is 6.03. The average molecular weight is 370 g/mol. The zero-order valence-electron chi connectivity index (χ0n) is 16.8. The lowest BCUT2D eigenvalue weighted by atomic mass is 10.1. The first-order valence-electron chi connectivity index (χ1n) is 9.84. The van der Waals surface area contributed by atoms with Gasteiger partial charge in [-0.25, -0.2) is 4.98 Å². The molecule has 4 aromatic rings. The highest BCUT2D eigenvalue weighted by Gasteiger charge is 2.12. The summed E-state index contributed by atoms with van der Waals surface area (Å²) in [6.07, 6.45) is 0.923. The van der Waals surface area contributed by atoms with E-state index < -0.39 is 0 Å². The third-order valence-electron chi connectivity index (χ3n) is 5.08. The van der Waals surface area contributed by atoms with Gasteiger partial charge in [0.1, 0.15) is 11.6 Å². The van der Waals surface area contributed by atoms with Crippen LogP contribution in [0.1, 0.15) is 23.1 Å². The highest BCUT2D eigenvalue weighted by atomic mass is 16.5. The number of para-hydroxylation sites is 2. The summed E-state index contributed by atoms with van der Waals surface area (Å²) in [5.41, 5.74) is 7.06. The van der Waals surface area contributed by atoms with E-state index in [9.17, 15) is 0 Å². The Balaban J connectivity index is 1.54. The molecule has 0 saturated heterocycles. The number of hydrogen-bond acceptors (Lipinski definition) is 2. The summed E-state index contributed by atoms with van der Waals surface area (Å²) in [6, 6.07) is 23.3. The minimum atomic E-state index is 0.684. The number of fused-ring (bicyclic) bond motifs is 1. The number of nitrogens with zero attached hydrogens (tertiary/aromatic N) is 2. The molecule has 0 amide bonds. The first-order chi connectivity index (χ1) is 13.6. The molecule has 0 unspecified atom stereocenters. The van der Waals surface area contributed by atoms with Gasteiger partial charge >= 0.3 is 0 Å². The molecule has 0 atom stereocenters. The van der Waals surface area contributed by atoms with Crippen molar-refractivity contribution in [1.82, 2.24) is 9.55 Å². The van der Waals surface area contributed by atoms with Crippen LogP contribution in [0.25, 0.3) is 22.4 Å². The van der Waals surface area contributed by atoms with Crippen molar-refractivity contribution in [1.29, 1.82) is 0 Å². The van der Waals surface area contributed by atoms with Gasteiger partial charge in [-0.15, -0.1) is 0 Å². The van der Waals surface area contributed by atoms with E-state index in [1.165, 1.54) is 22.2 Å². The lowest BCUT2D eigenvalue weighted by Crippen LogP contribution is -2.06. The van der Waals surface area contributed by atoms with E-state index in [-0.39, 0.29) is 0 Å². The summed E-state index contributed by atoms with van der Waals surface area (Å²) in [5.74, 6) is 1.99. The van der Waals surface area contributed by atoms with E-state index >= 15 is 0 Å². The highest BCUT2D eigenvalue weighted by molar-refractivity contribution is 5.80. The number of aromatic nitrogens is 2. The van der Waals surface area contributed by atoms with Gasteiger partial charge in [0.25, 0.3) is 0 Å². The molecule has 0 saturated carbocycles. The van der Waals surface area contributed by atoms with E-state index in [0.717, 1.165) is 35.6 Å². The second kappa shape index (κ2) is 7.89. The topological polar surface area (TPSA) is 27.1 Å². The fourth-order valence-corrected chi connectivity index (χ4v) is 3.59. The Morgan fingerprint density at radius 2 is 1.61 bits per heavy atom. The zero-order chi connectivity index (χ0) is 19.5. The lowest BCUT2D eigenvalue weighted by molar-refractivity contribution is 0.301. The summed E-state index contributed by atoms with van der Waals surface area (Å²) in [7, 11) is 0. The van der Waals surface area contributed by atoms with Crippen LogP contribution in [0.4, 0.5) is 0 Å². The Bertz CT molecular complexity index is 1090. The Hall–Kier alpha value is -3.07. The highest BCUT2D eigenvalue weighted by Crippen LogP contribution is 2.26. The molecule has 142 valence electrons. The first kappa shape index (κ1) is 18.3. The van der Waals surface area contributed by atoms with Gasteiger partial charge < -0.3 is 9.30 Å². The fourth-order valence-electron chi connectivity index (χ4n) is 3.59. The SMILES string of the molecule is Cc1ccc(-c2nc3ccccc3n2CCCOc2ccc(C)cc2C)cc1. The van der Waals surface area contributed by atoms with Crippen molar-refractivity contribution in [2.75, 3.05) is 6.61 Å². The van der Waals surface area contributed by atoms with Gasteiger partial charge in [-0.05, 0) is 51.0 Å². The second-order valence-corrected chi connectivity index (χ2v) is 7.41. The van der Waals surface area contributed by atoms with Crippen LogP contribution < -0.4 is 4.74 Å². The van der Waals surface area contributed by atoms with Gasteiger partial charge in [-0.2, -0.15) is 0 Å². The van der Waals surface area contributed by atoms with Crippen LogP contribution in [0.3, 0.4) is 0 Å². The molecule has 3 aromatic carbocycles. The summed E-state index contributed by atoms with van der Waals surface area (Å²) in [4.78, 5) is 4.90. The molecule has 0 bridgehead atoms. The molecule has 0 aliphatic rings. The van der Waals surface area contributed by atoms with Crippen LogP contribution in [0.15, 0.2) is 66.7 Å². The number of hydrogen-bond donors (Lipinski definition) is 0. The normalized spacial score (nSPS) is 11.1. The molecule has 1 heterocycles. The number of ether oxygens (including phenoxy) is 1. The number of imidazole rings is 1. The fraction of sp³-hybridized carbons (Fsp3) is 0.240. The van der Waals surface area contributed by atoms with Gasteiger partial charge in [0.05, 0.1) is 17.6 Å². The molecule has 0 aliphatic heterocycles. The van der Waals surface area contributed by atoms with Crippen molar-refractivity contribution >= 4 is 11.0 Å². The molecular formula is C25H26N2O. The van der Waals surface area contributed by atoms with E-state index in [1.54, 1.807) is 0 Å². The second-order valence-electron chi connectivity index (χ2n) is 7.41. The number of aryl methyl sites for hydroxylation is 4. The van der Waals surface area contributed by atoms with Crippen molar-refractivity contribution in [2.45, 2.75) is 33.7 Å². The number of rotatable bonds is 6. The average Bonchev–Trinajstić information content (AvgIpc) is 3.06. The van der Waals surface area contributed by atoms with Crippen LogP contribution in [0, 0.1) is 20.8 Å². The van der Waals surface area contributed by atoms with Gasteiger partial charge in [0, 0.05) is 12.1 Å². The van der Waals surface area contributed by atoms with Crippen molar-refractivity contribution in [3.63, 3.8) is 0 Å². The van der Waals surface area contributed by atoms with Crippen molar-refractivity contribution < 1.29 is 4.74 Å². The van der Waals surface area contributed by atoms with E-state index in [1.807, 2.05) is 6.07 Å². The Morgan fingerprint density at radius 1 is 0.857 bits per heavy atom. The van der Waals surface area contributed by atoms with Crippen molar-refractivity contribution in [3.05, 3.63) is 83.4 Å². The summed E-state index contributed by atoms with van der Waals surface area (Å²) in [6.45, 7) is 7.87. The Morgan fingerprint density at radius 3 is 2.39 bits per heavy atom. The molecule has 28 heavy (non-hydrogen) atoms. The van der Waals surface area contributed by atoms with Crippen LogP contribution in [0.2, 0.25) is 0 Å². The smallest absolute Gasteiger partial charge is 0.141 e. The third kappa shape index (κ3) is 3.79. The monoisotopic (exact) mass is 370 g/mol. The number of benzene rings is 3. The zero-order valence-corrected chi connectivity index (χ0v) is 16.8. The van der Waals surface area contributed by atoms with Gasteiger partial charge in [0.2, 0.25) is 0 Å². The minimum Gasteiger partial charge on any atom is -0.493 e. The summed E-state index contributed by atoms with van der Waals surface area (Å²) < 4.78 is 8.34. The predicted molar refractivity (Wildman–Crippen MR) is 116 cm³/mol. The van der Waals surface area contributed by atoms with Gasteiger partial charge in [0.15, 0.2) is 0 Å². The van der Waals surface area contributed by atoms with Crippen LogP contribution >= 0.6 is 0 Å². The molecule has 0 N–H and O–H groups in total. The molecule has 4 rings (SSSR count). The molecule has 3 nitrogen and oxygen atoms in total. The maximum Gasteiger partial charge on any atom is 0.141 e. The Labute approximate surface area is 166 Å². The standard InChI is InChI=1S/C25H26N2O/c1-18-9-12-21(13-10-18)25-26-22-7-4-5-8-23(22)27(25)15-6-16-28-24-14-11-19(2)17-20(24)3/h4-5,7-14,17H,6,15-16H2,1-3H3. The molecule has 0 spiro atoms. The third-order valence-corrected chi connectivity index (χ3v) is 5.08. The maximum atomic E-state index is 6.03. The first-order valence-corrected chi connectivity index (χ1v) is 9.84. The van der Waals surface area contributed by atoms with Crippen molar-refractivity contribution in [3.8, 4) is 17.1 Å². The van der Waals surface area contributed by atoms with Crippen LogP contribution in [0.5, 0.6) is 5.75 Å². The Kier molecular flexibility index (Phi) is 5.16. The molecular weight excluding hydrogens is 344 g/mol. The predicted octanol–water partition coefficient (Wildman–Crippen LogP) is 6.10. The van der Waals surface area contributed by atoms with E-state index in [0.29, 0.717) is 6.61 Å². The quantitative estimate of drug-likeness (QED) is 0.384. The molecule has 0 radical (unpaired) electrons. The molecule has 0 aliphatic carbocycles. The van der Waals surface area contributed by atoms with Crippen LogP contribution in [-0.4, -0.2) is 16.2 Å². The molecule has 3 heteroatoms. The summed E-state index contributed by atoms with van der Waals surface area (Å²) in [5, 5.41) is 0. The largest absolute Gasteiger partial charge is 0.493 e. The van der Waals surface area contributed by atoms with Gasteiger partial charge in [-0.1, -0.05) is 59.7 Å². The summed E-state index contributed by atoms with van der Waals surface area (Å²) >= 11 is 0. The lowest BCUT2D eigenvalue weighted by Gasteiger charge is -2.12. The van der Waals surface area contributed by atoms with Crippen LogP contribution in [-0.2, 0) is 6.54 Å². The molecule has 1 aromatic heterocycles. The van der Waals surface area contributed by atoms with Crippen molar-refractivity contribution in [2.24, 2.45) is 0 Å². The van der Waals surface area contributed by atoms with E-state index in [4.69, 9.17) is 9.72 Å². The molecule has 0 fully saturated rings.